The topological polar surface area (TPSA) is 86.2 Å². The number of nitrogens with two attached hydrogens (primary N) is 1. The van der Waals surface area contributed by atoms with Gasteiger partial charge in [0, 0.05) is 16.7 Å². The Morgan fingerprint density at radius 2 is 1.30 bits per heavy atom. The first-order chi connectivity index (χ1) is 13.0. The van der Waals surface area contributed by atoms with Crippen LogP contribution in [0.15, 0.2) is 94.2 Å². The van der Waals surface area contributed by atoms with Gasteiger partial charge < -0.3 is 4.42 Å². The zero-order chi connectivity index (χ0) is 18.9. The van der Waals surface area contributed by atoms with Crippen LogP contribution in [0.4, 0.5) is 0 Å². The van der Waals surface area contributed by atoms with Gasteiger partial charge in [0.25, 0.3) is 0 Å². The molecule has 0 aliphatic rings. The minimum Gasteiger partial charge on any atom is -0.435 e. The fourth-order valence-electron chi connectivity index (χ4n) is 2.90. The first-order valence-corrected chi connectivity index (χ1v) is 9.82. The van der Waals surface area contributed by atoms with E-state index in [-0.39, 0.29) is 4.90 Å². The molecule has 0 amide bonds. The van der Waals surface area contributed by atoms with Crippen molar-refractivity contribution >= 4 is 10.0 Å². The van der Waals surface area contributed by atoms with E-state index in [0.29, 0.717) is 22.9 Å². The fourth-order valence-corrected chi connectivity index (χ4v) is 3.64. The van der Waals surface area contributed by atoms with Crippen molar-refractivity contribution in [2.75, 3.05) is 0 Å². The number of oxazole rings is 1. The average molecular weight is 376 g/mol. The molecule has 1 aromatic heterocycles. The largest absolute Gasteiger partial charge is 0.435 e. The minimum absolute atomic E-state index is 0.00935. The van der Waals surface area contributed by atoms with Crippen LogP contribution < -0.4 is 5.14 Å². The highest BCUT2D eigenvalue weighted by molar-refractivity contribution is 7.89. The molecule has 5 nitrogen and oxygen atoms in total. The molecule has 0 saturated carbocycles. The van der Waals surface area contributed by atoms with Crippen LogP contribution in [-0.4, -0.2) is 13.4 Å². The van der Waals surface area contributed by atoms with Gasteiger partial charge in [-0.15, -0.1) is 0 Å². The highest BCUT2D eigenvalue weighted by Crippen LogP contribution is 2.38. The number of nitrogens with zero attached hydrogens (tertiary/aromatic N) is 1. The summed E-state index contributed by atoms with van der Waals surface area (Å²) < 4.78 is 30.2. The molecule has 0 radical (unpaired) electrons. The molecule has 6 heteroatoms. The van der Waals surface area contributed by atoms with E-state index in [4.69, 9.17) is 9.56 Å². The summed E-state index contributed by atoms with van der Waals surface area (Å²) in [7, 11) is -3.92. The Hall–Kier alpha value is -3.22. The molecule has 0 fully saturated rings. The van der Waals surface area contributed by atoms with Gasteiger partial charge in [-0.05, 0) is 18.2 Å². The van der Waals surface area contributed by atoms with Crippen molar-refractivity contribution in [3.05, 3.63) is 84.9 Å². The average Bonchev–Trinajstić information content (AvgIpc) is 3.14. The SMILES string of the molecule is NS(=O)(=O)c1ccccc1-c1nc(-c2ccccc2)oc1-c1ccccc1. The molecule has 4 aromatic rings. The Bertz CT molecular complexity index is 1180. The number of primary sulfonamides is 1. The van der Waals surface area contributed by atoms with Crippen molar-refractivity contribution in [2.24, 2.45) is 5.14 Å². The van der Waals surface area contributed by atoms with Crippen LogP contribution in [0.25, 0.3) is 34.0 Å². The summed E-state index contributed by atoms with van der Waals surface area (Å²) >= 11 is 0. The molecular weight excluding hydrogens is 360 g/mol. The van der Waals surface area contributed by atoms with Gasteiger partial charge in [0.05, 0.1) is 4.90 Å². The summed E-state index contributed by atoms with van der Waals surface area (Å²) in [4.78, 5) is 4.62. The van der Waals surface area contributed by atoms with Gasteiger partial charge >= 0.3 is 0 Å². The molecule has 0 bridgehead atoms. The molecular formula is C21H16N2O3S. The molecule has 0 aliphatic heterocycles. The number of benzene rings is 3. The predicted octanol–water partition coefficient (Wildman–Crippen LogP) is 4.32. The van der Waals surface area contributed by atoms with E-state index in [1.807, 2.05) is 60.7 Å². The van der Waals surface area contributed by atoms with Crippen LogP contribution in [0.2, 0.25) is 0 Å². The Labute approximate surface area is 157 Å². The van der Waals surface area contributed by atoms with Crippen LogP contribution in [0.5, 0.6) is 0 Å². The van der Waals surface area contributed by atoms with E-state index in [9.17, 15) is 8.42 Å². The van der Waals surface area contributed by atoms with Crippen molar-refractivity contribution < 1.29 is 12.8 Å². The summed E-state index contributed by atoms with van der Waals surface area (Å²) in [5, 5.41) is 5.42. The second kappa shape index (κ2) is 6.83. The Balaban J connectivity index is 2.00. The van der Waals surface area contributed by atoms with E-state index in [2.05, 4.69) is 4.98 Å². The lowest BCUT2D eigenvalue weighted by Gasteiger charge is -2.06. The predicted molar refractivity (Wildman–Crippen MR) is 104 cm³/mol. The lowest BCUT2D eigenvalue weighted by atomic mass is 10.1. The van der Waals surface area contributed by atoms with Crippen LogP contribution >= 0.6 is 0 Å². The van der Waals surface area contributed by atoms with Gasteiger partial charge in [-0.3, -0.25) is 0 Å². The molecule has 0 spiro atoms. The van der Waals surface area contributed by atoms with Crippen molar-refractivity contribution in [2.45, 2.75) is 4.90 Å². The molecule has 27 heavy (non-hydrogen) atoms. The van der Waals surface area contributed by atoms with E-state index >= 15 is 0 Å². The summed E-state index contributed by atoms with van der Waals surface area (Å²) in [6.07, 6.45) is 0. The number of hydrogen-bond donors (Lipinski definition) is 1. The fraction of sp³-hybridized carbons (Fsp3) is 0. The number of rotatable bonds is 4. The third kappa shape index (κ3) is 3.40. The number of sulfonamides is 1. The number of aromatic nitrogens is 1. The van der Waals surface area contributed by atoms with E-state index < -0.39 is 10.0 Å². The third-order valence-electron chi connectivity index (χ3n) is 4.13. The van der Waals surface area contributed by atoms with Crippen molar-refractivity contribution in [1.82, 2.24) is 4.98 Å². The summed E-state index contributed by atoms with van der Waals surface area (Å²) in [6.45, 7) is 0. The van der Waals surface area contributed by atoms with Gasteiger partial charge in [0.2, 0.25) is 15.9 Å². The quantitative estimate of drug-likeness (QED) is 0.574. The van der Waals surface area contributed by atoms with E-state index in [0.717, 1.165) is 11.1 Å². The highest BCUT2D eigenvalue weighted by Gasteiger charge is 2.23. The van der Waals surface area contributed by atoms with Gasteiger partial charge in [0.1, 0.15) is 5.69 Å². The van der Waals surface area contributed by atoms with E-state index in [1.54, 1.807) is 18.2 Å². The molecule has 0 saturated heterocycles. The lowest BCUT2D eigenvalue weighted by Crippen LogP contribution is -2.13. The standard InChI is InChI=1S/C21H16N2O3S/c22-27(24,25)18-14-8-7-13-17(18)19-20(15-9-3-1-4-10-15)26-21(23-19)16-11-5-2-6-12-16/h1-14H,(H2,22,24,25). The Kier molecular flexibility index (Phi) is 4.35. The minimum atomic E-state index is -3.92. The molecule has 2 N–H and O–H groups in total. The molecule has 0 unspecified atom stereocenters. The summed E-state index contributed by atoms with van der Waals surface area (Å²) in [6, 6.07) is 25.4. The first kappa shape index (κ1) is 17.2. The zero-order valence-corrected chi connectivity index (χ0v) is 15.1. The monoisotopic (exact) mass is 376 g/mol. The highest BCUT2D eigenvalue weighted by atomic mass is 32.2. The molecule has 4 rings (SSSR count). The first-order valence-electron chi connectivity index (χ1n) is 8.28. The lowest BCUT2D eigenvalue weighted by molar-refractivity contribution is 0.589. The van der Waals surface area contributed by atoms with Crippen LogP contribution in [0.1, 0.15) is 0 Å². The molecule has 3 aromatic carbocycles. The molecule has 134 valence electrons. The van der Waals surface area contributed by atoms with Gasteiger partial charge in [-0.1, -0.05) is 66.7 Å². The Morgan fingerprint density at radius 1 is 0.741 bits per heavy atom. The summed E-state index contributed by atoms with van der Waals surface area (Å²) in [5.74, 6) is 0.902. The van der Waals surface area contributed by atoms with Gasteiger partial charge in [-0.25, -0.2) is 18.5 Å². The second-order valence-electron chi connectivity index (χ2n) is 5.97. The van der Waals surface area contributed by atoms with Crippen LogP contribution in [-0.2, 0) is 10.0 Å². The van der Waals surface area contributed by atoms with Gasteiger partial charge in [-0.2, -0.15) is 0 Å². The van der Waals surface area contributed by atoms with Crippen LogP contribution in [0.3, 0.4) is 0 Å². The number of hydrogen-bond acceptors (Lipinski definition) is 4. The van der Waals surface area contributed by atoms with Crippen molar-refractivity contribution in [3.8, 4) is 34.0 Å². The summed E-state index contributed by atoms with van der Waals surface area (Å²) in [5.41, 5.74) is 2.44. The van der Waals surface area contributed by atoms with Crippen molar-refractivity contribution in [3.63, 3.8) is 0 Å². The second-order valence-corrected chi connectivity index (χ2v) is 7.50. The molecule has 1 heterocycles. The van der Waals surface area contributed by atoms with Crippen molar-refractivity contribution in [1.29, 1.82) is 0 Å². The smallest absolute Gasteiger partial charge is 0.238 e. The zero-order valence-electron chi connectivity index (χ0n) is 14.2. The third-order valence-corrected chi connectivity index (χ3v) is 5.10. The van der Waals surface area contributed by atoms with Gasteiger partial charge in [0.15, 0.2) is 5.76 Å². The molecule has 0 atom stereocenters. The normalized spacial score (nSPS) is 11.4. The van der Waals surface area contributed by atoms with Crippen LogP contribution in [0, 0.1) is 0 Å². The van der Waals surface area contributed by atoms with E-state index in [1.165, 1.54) is 6.07 Å². The Morgan fingerprint density at radius 3 is 1.93 bits per heavy atom. The molecule has 0 aliphatic carbocycles. The maximum absolute atomic E-state index is 12.1. The maximum atomic E-state index is 12.1. The maximum Gasteiger partial charge on any atom is 0.238 e.